The van der Waals surface area contributed by atoms with Gasteiger partial charge in [-0.25, -0.2) is 0 Å². The molecule has 0 bridgehead atoms. The van der Waals surface area contributed by atoms with E-state index in [2.05, 4.69) is 26.7 Å². The molecule has 0 radical (unpaired) electrons. The van der Waals surface area contributed by atoms with E-state index in [1.165, 1.54) is 5.56 Å². The highest BCUT2D eigenvalue weighted by Gasteiger charge is 2.41. The van der Waals surface area contributed by atoms with Gasteiger partial charge < -0.3 is 20.1 Å². The number of benzene rings is 1. The molecule has 8 heteroatoms. The fraction of sp³-hybridized carbons (Fsp3) is 0.474. The Hall–Kier alpha value is -2.74. The molecule has 1 amide bonds. The highest BCUT2D eigenvalue weighted by Crippen LogP contribution is 2.33. The SMILES string of the molecule is CNC(=O)C1(Nc2ccn(C)n2)CCN(Cc2ccc3c(c2)OCO3)CC1. The molecule has 27 heavy (non-hydrogen) atoms. The van der Waals surface area contributed by atoms with Gasteiger partial charge in [0.25, 0.3) is 0 Å². The van der Waals surface area contributed by atoms with Crippen molar-refractivity contribution in [3.05, 3.63) is 36.0 Å². The van der Waals surface area contributed by atoms with Gasteiger partial charge in [-0.2, -0.15) is 5.10 Å². The van der Waals surface area contributed by atoms with E-state index in [0.29, 0.717) is 12.8 Å². The Labute approximate surface area is 158 Å². The molecule has 4 rings (SSSR count). The molecule has 2 N–H and O–H groups in total. The number of carbonyl (C=O) groups excluding carboxylic acids is 1. The minimum atomic E-state index is -0.630. The summed E-state index contributed by atoms with van der Waals surface area (Å²) in [6.45, 7) is 2.75. The lowest BCUT2D eigenvalue weighted by atomic mass is 9.86. The van der Waals surface area contributed by atoms with E-state index in [1.807, 2.05) is 31.4 Å². The van der Waals surface area contributed by atoms with Gasteiger partial charge in [0.1, 0.15) is 11.4 Å². The zero-order valence-corrected chi connectivity index (χ0v) is 15.7. The predicted molar refractivity (Wildman–Crippen MR) is 101 cm³/mol. The van der Waals surface area contributed by atoms with Gasteiger partial charge in [-0.05, 0) is 30.5 Å². The number of aryl methyl sites for hydroxylation is 1. The Balaban J connectivity index is 1.42. The van der Waals surface area contributed by atoms with Gasteiger partial charge in [-0.3, -0.25) is 14.4 Å². The number of anilines is 1. The van der Waals surface area contributed by atoms with Gasteiger partial charge in [-0.15, -0.1) is 0 Å². The number of hydrogen-bond donors (Lipinski definition) is 2. The highest BCUT2D eigenvalue weighted by atomic mass is 16.7. The van der Waals surface area contributed by atoms with Crippen LogP contribution >= 0.6 is 0 Å². The number of nitrogens with zero attached hydrogens (tertiary/aromatic N) is 3. The van der Waals surface area contributed by atoms with Crippen molar-refractivity contribution < 1.29 is 14.3 Å². The van der Waals surface area contributed by atoms with Gasteiger partial charge in [0.15, 0.2) is 11.5 Å². The maximum Gasteiger partial charge on any atom is 0.245 e. The van der Waals surface area contributed by atoms with Crippen molar-refractivity contribution in [3.8, 4) is 11.5 Å². The van der Waals surface area contributed by atoms with Crippen LogP contribution in [0.3, 0.4) is 0 Å². The van der Waals surface area contributed by atoms with Crippen molar-refractivity contribution in [2.75, 3.05) is 32.2 Å². The zero-order valence-electron chi connectivity index (χ0n) is 15.7. The maximum absolute atomic E-state index is 12.6. The second-order valence-corrected chi connectivity index (χ2v) is 7.12. The number of likely N-dealkylation sites (tertiary alicyclic amines) is 1. The van der Waals surface area contributed by atoms with E-state index in [4.69, 9.17) is 9.47 Å². The first-order valence-electron chi connectivity index (χ1n) is 9.19. The minimum Gasteiger partial charge on any atom is -0.454 e. The first-order valence-corrected chi connectivity index (χ1v) is 9.19. The quantitative estimate of drug-likeness (QED) is 0.826. The van der Waals surface area contributed by atoms with Crippen LogP contribution in [0.2, 0.25) is 0 Å². The van der Waals surface area contributed by atoms with Crippen molar-refractivity contribution in [1.29, 1.82) is 0 Å². The number of hydrogen-bond acceptors (Lipinski definition) is 6. The Bertz CT molecular complexity index is 827. The van der Waals surface area contributed by atoms with Gasteiger partial charge >= 0.3 is 0 Å². The molecule has 1 saturated heterocycles. The number of nitrogens with one attached hydrogen (secondary N) is 2. The van der Waals surface area contributed by atoms with E-state index in [-0.39, 0.29) is 12.7 Å². The summed E-state index contributed by atoms with van der Waals surface area (Å²) >= 11 is 0. The van der Waals surface area contributed by atoms with Crippen LogP contribution in [0.15, 0.2) is 30.5 Å². The lowest BCUT2D eigenvalue weighted by molar-refractivity contribution is -0.126. The van der Waals surface area contributed by atoms with Gasteiger partial charge in [0.2, 0.25) is 12.7 Å². The molecule has 0 atom stereocenters. The molecule has 2 aliphatic rings. The maximum atomic E-state index is 12.6. The molecular weight excluding hydrogens is 346 g/mol. The Morgan fingerprint density at radius 2 is 2.00 bits per heavy atom. The largest absolute Gasteiger partial charge is 0.454 e. The molecule has 0 spiro atoms. The summed E-state index contributed by atoms with van der Waals surface area (Å²) in [5.41, 5.74) is 0.554. The molecule has 144 valence electrons. The number of rotatable bonds is 5. The Morgan fingerprint density at radius 3 is 2.70 bits per heavy atom. The summed E-state index contributed by atoms with van der Waals surface area (Å²) in [7, 11) is 3.55. The topological polar surface area (TPSA) is 80.7 Å². The molecule has 8 nitrogen and oxygen atoms in total. The smallest absolute Gasteiger partial charge is 0.245 e. The average molecular weight is 371 g/mol. The van der Waals surface area contributed by atoms with E-state index in [1.54, 1.807) is 11.7 Å². The number of carbonyl (C=O) groups is 1. The average Bonchev–Trinajstić information content (AvgIpc) is 3.31. The van der Waals surface area contributed by atoms with Crippen LogP contribution in [-0.4, -0.2) is 53.1 Å². The monoisotopic (exact) mass is 371 g/mol. The lowest BCUT2D eigenvalue weighted by Crippen LogP contribution is -2.57. The van der Waals surface area contributed by atoms with Crippen LogP contribution in [0.5, 0.6) is 11.5 Å². The molecule has 0 aliphatic carbocycles. The molecule has 1 fully saturated rings. The van der Waals surface area contributed by atoms with Crippen molar-refractivity contribution in [3.63, 3.8) is 0 Å². The molecule has 2 aromatic rings. The Morgan fingerprint density at radius 1 is 1.22 bits per heavy atom. The molecule has 2 aliphatic heterocycles. The van der Waals surface area contributed by atoms with Crippen molar-refractivity contribution in [2.24, 2.45) is 7.05 Å². The molecule has 1 aromatic carbocycles. The fourth-order valence-corrected chi connectivity index (χ4v) is 3.77. The first-order chi connectivity index (χ1) is 13.1. The number of aromatic nitrogens is 2. The number of likely N-dealkylation sites (N-methyl/N-ethyl adjacent to an activating group) is 1. The summed E-state index contributed by atoms with van der Waals surface area (Å²) in [5.74, 6) is 2.35. The summed E-state index contributed by atoms with van der Waals surface area (Å²) in [4.78, 5) is 15.0. The highest BCUT2D eigenvalue weighted by molar-refractivity contribution is 5.89. The van der Waals surface area contributed by atoms with Gasteiger partial charge in [0.05, 0.1) is 0 Å². The molecule has 0 unspecified atom stereocenters. The van der Waals surface area contributed by atoms with Crippen LogP contribution in [0.4, 0.5) is 5.82 Å². The van der Waals surface area contributed by atoms with Crippen LogP contribution in [0.25, 0.3) is 0 Å². The standard InChI is InChI=1S/C19H25N5O3/c1-20-18(25)19(21-17-5-8-23(2)22-17)6-9-24(10-7-19)12-14-3-4-15-16(11-14)27-13-26-15/h3-5,8,11H,6-7,9-10,12-13H2,1-2H3,(H,20,25)(H,21,22). The predicted octanol–water partition coefficient (Wildman–Crippen LogP) is 1.34. The van der Waals surface area contributed by atoms with E-state index >= 15 is 0 Å². The minimum absolute atomic E-state index is 0.0101. The Kier molecular flexibility index (Phi) is 4.65. The molecule has 1 aromatic heterocycles. The lowest BCUT2D eigenvalue weighted by Gasteiger charge is -2.41. The van der Waals surface area contributed by atoms with Crippen LogP contribution in [0, 0.1) is 0 Å². The number of amides is 1. The van der Waals surface area contributed by atoms with Crippen molar-refractivity contribution in [1.82, 2.24) is 20.0 Å². The van der Waals surface area contributed by atoms with Gasteiger partial charge in [0, 0.05) is 46.0 Å². The fourth-order valence-electron chi connectivity index (χ4n) is 3.77. The van der Waals surface area contributed by atoms with E-state index in [0.717, 1.165) is 37.0 Å². The third-order valence-corrected chi connectivity index (χ3v) is 5.30. The first kappa shape index (κ1) is 17.7. The zero-order chi connectivity index (χ0) is 18.9. The van der Waals surface area contributed by atoms with E-state index in [9.17, 15) is 4.79 Å². The second kappa shape index (κ2) is 7.11. The molecule has 0 saturated carbocycles. The van der Waals surface area contributed by atoms with E-state index < -0.39 is 5.54 Å². The molecular formula is C19H25N5O3. The third kappa shape index (κ3) is 3.57. The summed E-state index contributed by atoms with van der Waals surface area (Å²) < 4.78 is 12.6. The molecule has 3 heterocycles. The number of piperidine rings is 1. The summed E-state index contributed by atoms with van der Waals surface area (Å²) in [6.07, 6.45) is 3.30. The second-order valence-electron chi connectivity index (χ2n) is 7.12. The normalized spacial score (nSPS) is 18.3. The van der Waals surface area contributed by atoms with Crippen LogP contribution < -0.4 is 20.1 Å². The van der Waals surface area contributed by atoms with Crippen molar-refractivity contribution >= 4 is 11.7 Å². The van der Waals surface area contributed by atoms with Gasteiger partial charge in [-0.1, -0.05) is 6.07 Å². The van der Waals surface area contributed by atoms with Crippen molar-refractivity contribution in [2.45, 2.75) is 24.9 Å². The number of fused-ring (bicyclic) bond motifs is 1. The van der Waals surface area contributed by atoms with Crippen LogP contribution in [-0.2, 0) is 18.4 Å². The summed E-state index contributed by atoms with van der Waals surface area (Å²) in [6, 6.07) is 7.96. The third-order valence-electron chi connectivity index (χ3n) is 5.30. The van der Waals surface area contributed by atoms with Crippen LogP contribution in [0.1, 0.15) is 18.4 Å². The summed E-state index contributed by atoms with van der Waals surface area (Å²) in [5, 5.41) is 10.6. The number of ether oxygens (including phenoxy) is 2.